The Labute approximate surface area is 177 Å². The maximum absolute atomic E-state index is 14.0. The standard InChI is InChI=1S/C20H31F3O6Si/c1-8-25-30(26-9-2,27-10-3)16-13-11-12-15(14-16)19(7,20(21,22)23)29-17(24)28-18(4,5)6/h11-14H,8-10H2,1-7H3. The lowest BCUT2D eigenvalue weighted by Crippen LogP contribution is -2.57. The normalized spacial score (nSPS) is 14.9. The number of alkyl halides is 3. The van der Waals surface area contributed by atoms with Crippen LogP contribution >= 0.6 is 0 Å². The molecule has 0 aliphatic rings. The van der Waals surface area contributed by atoms with Gasteiger partial charge in [-0.2, -0.15) is 13.2 Å². The molecule has 0 bridgehead atoms. The van der Waals surface area contributed by atoms with Crippen LogP contribution < -0.4 is 5.19 Å². The van der Waals surface area contributed by atoms with Gasteiger partial charge in [-0.15, -0.1) is 0 Å². The molecule has 10 heteroatoms. The average Bonchev–Trinajstić information content (AvgIpc) is 2.59. The van der Waals surface area contributed by atoms with E-state index in [2.05, 4.69) is 0 Å². The number of halogens is 3. The van der Waals surface area contributed by atoms with E-state index in [4.69, 9.17) is 22.8 Å². The smallest absolute Gasteiger partial charge is 0.429 e. The summed E-state index contributed by atoms with van der Waals surface area (Å²) >= 11 is 0. The summed E-state index contributed by atoms with van der Waals surface area (Å²) in [6, 6.07) is 5.49. The van der Waals surface area contributed by atoms with Gasteiger partial charge in [-0.05, 0) is 54.5 Å². The summed E-state index contributed by atoms with van der Waals surface area (Å²) < 4.78 is 69.2. The van der Waals surface area contributed by atoms with Gasteiger partial charge in [0.2, 0.25) is 5.60 Å². The molecule has 0 fully saturated rings. The summed E-state index contributed by atoms with van der Waals surface area (Å²) in [5.74, 6) is 0. The van der Waals surface area contributed by atoms with E-state index >= 15 is 0 Å². The van der Waals surface area contributed by atoms with E-state index in [1.165, 1.54) is 39.0 Å². The molecule has 0 heterocycles. The van der Waals surface area contributed by atoms with Gasteiger partial charge in [-0.25, -0.2) is 4.79 Å². The quantitative estimate of drug-likeness (QED) is 0.401. The first-order chi connectivity index (χ1) is 13.7. The molecule has 1 aromatic carbocycles. The van der Waals surface area contributed by atoms with Gasteiger partial charge in [0.05, 0.1) is 0 Å². The lowest BCUT2D eigenvalue weighted by atomic mass is 9.95. The van der Waals surface area contributed by atoms with Crippen LogP contribution in [0.3, 0.4) is 0 Å². The summed E-state index contributed by atoms with van der Waals surface area (Å²) in [5.41, 5.74) is -4.25. The van der Waals surface area contributed by atoms with Crippen LogP contribution in [-0.2, 0) is 28.4 Å². The molecule has 30 heavy (non-hydrogen) atoms. The molecule has 0 radical (unpaired) electrons. The molecular formula is C20H31F3O6Si. The highest BCUT2D eigenvalue weighted by molar-refractivity contribution is 6.75. The number of hydrogen-bond acceptors (Lipinski definition) is 6. The largest absolute Gasteiger partial charge is 0.537 e. The molecule has 0 amide bonds. The molecule has 0 spiro atoms. The SMILES string of the molecule is CCO[Si](OCC)(OCC)c1cccc(C(C)(OC(=O)OC(C)(C)C)C(F)(F)F)c1. The Morgan fingerprint density at radius 1 is 0.900 bits per heavy atom. The van der Waals surface area contributed by atoms with E-state index in [1.54, 1.807) is 26.8 Å². The Bertz CT molecular complexity index is 687. The first-order valence-electron chi connectivity index (χ1n) is 9.76. The van der Waals surface area contributed by atoms with E-state index in [0.717, 1.165) is 6.92 Å². The predicted octanol–water partition coefficient (Wildman–Crippen LogP) is 4.67. The number of benzene rings is 1. The molecule has 0 N–H and O–H groups in total. The van der Waals surface area contributed by atoms with Crippen molar-refractivity contribution in [2.24, 2.45) is 0 Å². The van der Waals surface area contributed by atoms with Gasteiger partial charge in [0.1, 0.15) is 5.60 Å². The second-order valence-corrected chi connectivity index (χ2v) is 10.1. The van der Waals surface area contributed by atoms with E-state index in [-0.39, 0.29) is 25.4 Å². The summed E-state index contributed by atoms with van der Waals surface area (Å²) in [5, 5.41) is 0.341. The highest BCUT2D eigenvalue weighted by Crippen LogP contribution is 2.42. The van der Waals surface area contributed by atoms with Crippen molar-refractivity contribution in [3.63, 3.8) is 0 Å². The van der Waals surface area contributed by atoms with Crippen LogP contribution in [0.25, 0.3) is 0 Å². The maximum Gasteiger partial charge on any atom is 0.537 e. The third kappa shape index (κ3) is 6.44. The van der Waals surface area contributed by atoms with Crippen molar-refractivity contribution < 1.29 is 40.7 Å². The Morgan fingerprint density at radius 3 is 1.80 bits per heavy atom. The lowest BCUT2D eigenvalue weighted by Gasteiger charge is -2.34. The zero-order chi connectivity index (χ0) is 23.2. The van der Waals surface area contributed by atoms with Crippen molar-refractivity contribution in [1.29, 1.82) is 0 Å². The summed E-state index contributed by atoms with van der Waals surface area (Å²) in [6.07, 6.45) is -6.33. The van der Waals surface area contributed by atoms with E-state index < -0.39 is 32.3 Å². The topological polar surface area (TPSA) is 63.2 Å². The number of hydrogen-bond donors (Lipinski definition) is 0. The van der Waals surface area contributed by atoms with Crippen molar-refractivity contribution in [3.05, 3.63) is 29.8 Å². The second-order valence-electron chi connectivity index (χ2n) is 7.53. The maximum atomic E-state index is 14.0. The van der Waals surface area contributed by atoms with Gasteiger partial charge >= 0.3 is 21.1 Å². The van der Waals surface area contributed by atoms with Gasteiger partial charge in [-0.3, -0.25) is 0 Å². The number of carbonyl (C=O) groups excluding carboxylic acids is 1. The predicted molar refractivity (Wildman–Crippen MR) is 107 cm³/mol. The van der Waals surface area contributed by atoms with Crippen molar-refractivity contribution in [2.75, 3.05) is 19.8 Å². The molecule has 0 saturated heterocycles. The van der Waals surface area contributed by atoms with Crippen LogP contribution in [0.2, 0.25) is 0 Å². The van der Waals surface area contributed by atoms with Crippen LogP contribution in [0, 0.1) is 0 Å². The van der Waals surface area contributed by atoms with E-state index in [9.17, 15) is 18.0 Å². The third-order valence-corrected chi connectivity index (χ3v) is 7.01. The lowest BCUT2D eigenvalue weighted by molar-refractivity contribution is -0.264. The van der Waals surface area contributed by atoms with E-state index in [1.807, 2.05) is 0 Å². The van der Waals surface area contributed by atoms with Gasteiger partial charge in [-0.1, -0.05) is 18.2 Å². The van der Waals surface area contributed by atoms with Crippen molar-refractivity contribution >= 4 is 20.1 Å². The summed E-state index contributed by atoms with van der Waals surface area (Å²) in [4.78, 5) is 12.1. The first kappa shape index (κ1) is 26.4. The minimum atomic E-state index is -4.91. The number of ether oxygens (including phenoxy) is 2. The second kappa shape index (κ2) is 10.1. The molecule has 1 atom stereocenters. The molecule has 1 unspecified atom stereocenters. The number of rotatable bonds is 9. The zero-order valence-corrected chi connectivity index (χ0v) is 19.5. The van der Waals surface area contributed by atoms with Crippen LogP contribution in [-0.4, -0.2) is 46.6 Å². The summed E-state index contributed by atoms with van der Waals surface area (Å²) in [7, 11) is -3.46. The zero-order valence-electron chi connectivity index (χ0n) is 18.5. The first-order valence-corrected chi connectivity index (χ1v) is 11.5. The molecular weight excluding hydrogens is 421 g/mol. The monoisotopic (exact) mass is 452 g/mol. The Hall–Kier alpha value is -1.62. The minimum Gasteiger partial charge on any atom is -0.429 e. The van der Waals surface area contributed by atoms with Crippen LogP contribution in [0.5, 0.6) is 0 Å². The molecule has 0 aliphatic heterocycles. The van der Waals surface area contributed by atoms with Gasteiger partial charge in [0, 0.05) is 30.6 Å². The molecule has 1 aromatic rings. The minimum absolute atomic E-state index is 0.251. The van der Waals surface area contributed by atoms with Crippen LogP contribution in [0.15, 0.2) is 24.3 Å². The Kier molecular flexibility index (Phi) is 8.91. The average molecular weight is 453 g/mol. The molecule has 172 valence electrons. The van der Waals surface area contributed by atoms with Crippen molar-refractivity contribution in [1.82, 2.24) is 0 Å². The van der Waals surface area contributed by atoms with Crippen molar-refractivity contribution in [2.45, 2.75) is 65.8 Å². The highest BCUT2D eigenvalue weighted by Gasteiger charge is 2.57. The van der Waals surface area contributed by atoms with Gasteiger partial charge < -0.3 is 22.8 Å². The molecule has 0 saturated carbocycles. The van der Waals surface area contributed by atoms with E-state index in [0.29, 0.717) is 5.19 Å². The molecule has 0 aromatic heterocycles. The fourth-order valence-corrected chi connectivity index (χ4v) is 5.19. The molecule has 6 nitrogen and oxygen atoms in total. The van der Waals surface area contributed by atoms with Crippen LogP contribution in [0.1, 0.15) is 54.0 Å². The Morgan fingerprint density at radius 2 is 1.40 bits per heavy atom. The van der Waals surface area contributed by atoms with Crippen molar-refractivity contribution in [3.8, 4) is 0 Å². The fourth-order valence-electron chi connectivity index (χ4n) is 2.67. The Balaban J connectivity index is 3.49. The van der Waals surface area contributed by atoms with Gasteiger partial charge in [0.15, 0.2) is 0 Å². The summed E-state index contributed by atoms with van der Waals surface area (Å²) in [6.45, 7) is 11.4. The molecule has 0 aliphatic carbocycles. The fraction of sp³-hybridized carbons (Fsp3) is 0.650. The highest BCUT2D eigenvalue weighted by atomic mass is 28.4. The molecule has 1 rings (SSSR count). The van der Waals surface area contributed by atoms with Crippen LogP contribution in [0.4, 0.5) is 18.0 Å². The van der Waals surface area contributed by atoms with Gasteiger partial charge in [0.25, 0.3) is 0 Å². The number of carbonyl (C=O) groups is 1. The third-order valence-electron chi connectivity index (χ3n) is 3.99.